The van der Waals surface area contributed by atoms with E-state index in [1.807, 2.05) is 30.3 Å². The number of nitrogens with one attached hydrogen (secondary N) is 1. The summed E-state index contributed by atoms with van der Waals surface area (Å²) in [7, 11) is 0. The largest absolute Gasteiger partial charge is 0.422 e. The first kappa shape index (κ1) is 18.7. The third-order valence-electron chi connectivity index (χ3n) is 4.25. The van der Waals surface area contributed by atoms with Crippen LogP contribution >= 0.6 is 34.2 Å². The van der Waals surface area contributed by atoms with E-state index >= 15 is 0 Å². The van der Waals surface area contributed by atoms with E-state index in [1.54, 1.807) is 42.5 Å². The number of hydrogen-bond acceptors (Lipinski definition) is 3. The van der Waals surface area contributed by atoms with E-state index in [2.05, 4.69) is 27.9 Å². The summed E-state index contributed by atoms with van der Waals surface area (Å²) in [5.74, 6) is -0.229. The van der Waals surface area contributed by atoms with Gasteiger partial charge in [0.25, 0.3) is 5.91 Å². The Morgan fingerprint density at radius 3 is 2.54 bits per heavy atom. The third kappa shape index (κ3) is 3.81. The molecule has 1 amide bonds. The Morgan fingerprint density at radius 1 is 0.929 bits per heavy atom. The Balaban J connectivity index is 1.66. The van der Waals surface area contributed by atoms with Crippen LogP contribution in [-0.2, 0) is 0 Å². The lowest BCUT2D eigenvalue weighted by Gasteiger charge is -2.09. The smallest absolute Gasteiger partial charge is 0.344 e. The lowest BCUT2D eigenvalue weighted by molar-refractivity contribution is 0.102. The monoisotopic (exact) mass is 501 g/mol. The molecule has 0 radical (unpaired) electrons. The lowest BCUT2D eigenvalue weighted by atomic mass is 10.1. The number of amides is 1. The van der Waals surface area contributed by atoms with Gasteiger partial charge in [-0.3, -0.25) is 4.79 Å². The Labute approximate surface area is 179 Å². The summed E-state index contributed by atoms with van der Waals surface area (Å²) in [5, 5.41) is 3.98. The summed E-state index contributed by atoms with van der Waals surface area (Å²) in [4.78, 5) is 24.8. The molecular formula is C22H13ClINO3. The molecule has 4 nitrogen and oxygen atoms in total. The second-order valence-electron chi connectivity index (χ2n) is 6.14. The van der Waals surface area contributed by atoms with Gasteiger partial charge in [-0.15, -0.1) is 0 Å². The van der Waals surface area contributed by atoms with Crippen LogP contribution in [0.25, 0.3) is 22.1 Å². The Morgan fingerprint density at radius 2 is 1.75 bits per heavy atom. The molecule has 3 aromatic carbocycles. The van der Waals surface area contributed by atoms with E-state index in [9.17, 15) is 9.59 Å². The molecule has 1 aromatic heterocycles. The second kappa shape index (κ2) is 7.77. The maximum Gasteiger partial charge on any atom is 0.344 e. The van der Waals surface area contributed by atoms with Crippen LogP contribution < -0.4 is 10.9 Å². The molecule has 28 heavy (non-hydrogen) atoms. The molecule has 4 aromatic rings. The van der Waals surface area contributed by atoms with Crippen molar-refractivity contribution < 1.29 is 9.21 Å². The van der Waals surface area contributed by atoms with Gasteiger partial charge < -0.3 is 9.73 Å². The zero-order valence-electron chi connectivity index (χ0n) is 14.4. The molecule has 0 saturated heterocycles. The predicted octanol–water partition coefficient (Wildman–Crippen LogP) is 5.97. The molecule has 0 unspecified atom stereocenters. The van der Waals surface area contributed by atoms with Gasteiger partial charge in [0.05, 0.1) is 10.6 Å². The molecule has 1 N–H and O–H groups in total. The van der Waals surface area contributed by atoms with Gasteiger partial charge >= 0.3 is 5.63 Å². The molecule has 0 aliphatic carbocycles. The van der Waals surface area contributed by atoms with Crippen LogP contribution in [0.3, 0.4) is 0 Å². The van der Waals surface area contributed by atoms with Crippen LogP contribution in [0.15, 0.2) is 82.0 Å². The normalized spacial score (nSPS) is 10.8. The minimum Gasteiger partial charge on any atom is -0.422 e. The first-order valence-corrected chi connectivity index (χ1v) is 9.87. The highest BCUT2D eigenvalue weighted by Crippen LogP contribution is 2.30. The number of benzene rings is 3. The van der Waals surface area contributed by atoms with E-state index in [4.69, 9.17) is 16.0 Å². The number of fused-ring (bicyclic) bond motifs is 1. The molecule has 0 atom stereocenters. The quantitative estimate of drug-likeness (QED) is 0.278. The van der Waals surface area contributed by atoms with E-state index in [0.717, 1.165) is 8.96 Å². The lowest BCUT2D eigenvalue weighted by Crippen LogP contribution is -2.12. The highest BCUT2D eigenvalue weighted by Gasteiger charge is 2.13. The molecule has 4 rings (SSSR count). The summed E-state index contributed by atoms with van der Waals surface area (Å²) < 4.78 is 6.36. The molecular weight excluding hydrogens is 489 g/mol. The maximum absolute atomic E-state index is 12.4. The zero-order chi connectivity index (χ0) is 19.7. The number of para-hydroxylation sites is 1. The van der Waals surface area contributed by atoms with Crippen LogP contribution in [0.5, 0.6) is 0 Å². The van der Waals surface area contributed by atoms with Crippen LogP contribution in [0.1, 0.15) is 10.4 Å². The van der Waals surface area contributed by atoms with E-state index in [-0.39, 0.29) is 5.91 Å². The minimum atomic E-state index is -0.462. The molecule has 0 bridgehead atoms. The summed E-state index contributed by atoms with van der Waals surface area (Å²) >= 11 is 8.56. The van der Waals surface area contributed by atoms with Crippen molar-refractivity contribution in [3.05, 3.63) is 97.4 Å². The number of carbonyl (C=O) groups excluding carboxylic acids is 1. The van der Waals surface area contributed by atoms with Crippen LogP contribution in [0, 0.1) is 3.57 Å². The average Bonchev–Trinajstić information content (AvgIpc) is 2.68. The van der Waals surface area contributed by atoms with Crippen molar-refractivity contribution in [1.82, 2.24) is 0 Å². The molecule has 6 heteroatoms. The maximum atomic E-state index is 12.4. The summed E-state index contributed by atoms with van der Waals surface area (Å²) in [6, 6.07) is 21.4. The molecule has 0 fully saturated rings. The van der Waals surface area contributed by atoms with Crippen molar-refractivity contribution in [2.24, 2.45) is 0 Å². The van der Waals surface area contributed by atoms with Crippen LogP contribution in [-0.4, -0.2) is 5.91 Å². The van der Waals surface area contributed by atoms with Crippen molar-refractivity contribution in [2.75, 3.05) is 5.32 Å². The van der Waals surface area contributed by atoms with Crippen LogP contribution in [0.4, 0.5) is 5.69 Å². The van der Waals surface area contributed by atoms with E-state index < -0.39 is 5.63 Å². The van der Waals surface area contributed by atoms with E-state index in [0.29, 0.717) is 33.0 Å². The Hall–Kier alpha value is -2.64. The number of halogens is 2. The van der Waals surface area contributed by atoms with Crippen molar-refractivity contribution in [1.29, 1.82) is 0 Å². The van der Waals surface area contributed by atoms with E-state index in [1.165, 1.54) is 0 Å². The predicted molar refractivity (Wildman–Crippen MR) is 120 cm³/mol. The molecule has 0 spiro atoms. The fraction of sp³-hybridized carbons (Fsp3) is 0. The van der Waals surface area contributed by atoms with Gasteiger partial charge in [-0.2, -0.15) is 0 Å². The topological polar surface area (TPSA) is 59.3 Å². The number of carbonyl (C=O) groups is 1. The van der Waals surface area contributed by atoms with Gasteiger partial charge in [-0.05, 0) is 65.1 Å². The molecule has 0 saturated carbocycles. The third-order valence-corrected chi connectivity index (χ3v) is 5.23. The fourth-order valence-electron chi connectivity index (χ4n) is 2.89. The number of hydrogen-bond donors (Lipinski definition) is 1. The summed E-state index contributed by atoms with van der Waals surface area (Å²) in [6.45, 7) is 0. The van der Waals surface area contributed by atoms with Gasteiger partial charge in [0, 0.05) is 25.8 Å². The average molecular weight is 502 g/mol. The van der Waals surface area contributed by atoms with Crippen LogP contribution in [0.2, 0.25) is 5.02 Å². The zero-order valence-corrected chi connectivity index (χ0v) is 17.3. The van der Waals surface area contributed by atoms with Gasteiger partial charge in [-0.1, -0.05) is 41.9 Å². The number of rotatable bonds is 3. The molecule has 138 valence electrons. The van der Waals surface area contributed by atoms with Crippen molar-refractivity contribution in [3.8, 4) is 11.1 Å². The van der Waals surface area contributed by atoms with Crippen molar-refractivity contribution in [3.63, 3.8) is 0 Å². The highest BCUT2D eigenvalue weighted by atomic mass is 127. The first-order chi connectivity index (χ1) is 13.5. The van der Waals surface area contributed by atoms with Gasteiger partial charge in [0.1, 0.15) is 5.58 Å². The fourth-order valence-corrected chi connectivity index (χ4v) is 3.72. The molecule has 0 aliphatic rings. The SMILES string of the molecule is O=C(Nc1ccc(-c2cc3ccccc3oc2=O)c(Cl)c1)c1cccc(I)c1. The number of anilines is 1. The molecule has 1 heterocycles. The highest BCUT2D eigenvalue weighted by molar-refractivity contribution is 14.1. The molecule has 0 aliphatic heterocycles. The van der Waals surface area contributed by atoms with Gasteiger partial charge in [0.2, 0.25) is 0 Å². The summed E-state index contributed by atoms with van der Waals surface area (Å²) in [6.07, 6.45) is 0. The first-order valence-electron chi connectivity index (χ1n) is 8.41. The van der Waals surface area contributed by atoms with Gasteiger partial charge in [0.15, 0.2) is 0 Å². The minimum absolute atomic E-state index is 0.229. The standard InChI is InChI=1S/C22H13ClINO3/c23-19-12-16(25-21(26)14-5-3-6-15(24)10-14)8-9-17(19)18-11-13-4-1-2-7-20(13)28-22(18)27/h1-12H,(H,25,26). The van der Waals surface area contributed by atoms with Crippen molar-refractivity contribution in [2.45, 2.75) is 0 Å². The second-order valence-corrected chi connectivity index (χ2v) is 7.80. The van der Waals surface area contributed by atoms with Gasteiger partial charge in [-0.25, -0.2) is 4.79 Å². The Bertz CT molecular complexity index is 1270. The summed E-state index contributed by atoms with van der Waals surface area (Å²) in [5.41, 5.74) is 2.09. The Kier molecular flexibility index (Phi) is 5.19. The van der Waals surface area contributed by atoms with Crippen molar-refractivity contribution >= 4 is 56.8 Å².